The Morgan fingerprint density at radius 1 is 1.12 bits per heavy atom. The second kappa shape index (κ2) is 3.59. The van der Waals surface area contributed by atoms with E-state index in [0.29, 0.717) is 6.42 Å². The van der Waals surface area contributed by atoms with Gasteiger partial charge in [0.2, 0.25) is 0 Å². The molecule has 0 unspecified atom stereocenters. The first kappa shape index (κ1) is 9.33. The zero-order valence-corrected chi connectivity index (χ0v) is 8.86. The summed E-state index contributed by atoms with van der Waals surface area (Å²) in [6.45, 7) is 0. The first-order valence-corrected chi connectivity index (χ1v) is 5.52. The molecule has 1 aliphatic carbocycles. The Labute approximate surface area is 93.5 Å². The van der Waals surface area contributed by atoms with E-state index in [0.717, 1.165) is 35.4 Å². The molecular formula is C13H12N2O. The standard InChI is InChI=1S/C13H12N2O/c16-11-8-4-7-10-12(11)13(15-14-10)9-5-2-1-3-6-9/h1-3,5-6H,4,7-8H2,(H,14,15). The molecule has 0 radical (unpaired) electrons. The smallest absolute Gasteiger partial charge is 0.166 e. The molecule has 0 saturated carbocycles. The van der Waals surface area contributed by atoms with Crippen molar-refractivity contribution in [2.45, 2.75) is 19.3 Å². The number of hydrogen-bond acceptors (Lipinski definition) is 2. The number of nitrogens with zero attached hydrogens (tertiary/aromatic N) is 1. The van der Waals surface area contributed by atoms with E-state index in [1.165, 1.54) is 0 Å². The van der Waals surface area contributed by atoms with Gasteiger partial charge in [-0.25, -0.2) is 0 Å². The summed E-state index contributed by atoms with van der Waals surface area (Å²) in [5.74, 6) is 0.217. The molecule has 3 nitrogen and oxygen atoms in total. The van der Waals surface area contributed by atoms with Gasteiger partial charge in [-0.1, -0.05) is 30.3 Å². The largest absolute Gasteiger partial charge is 0.294 e. The highest BCUT2D eigenvalue weighted by Gasteiger charge is 2.24. The van der Waals surface area contributed by atoms with Crippen molar-refractivity contribution in [1.29, 1.82) is 0 Å². The van der Waals surface area contributed by atoms with Gasteiger partial charge in [-0.15, -0.1) is 0 Å². The quantitative estimate of drug-likeness (QED) is 0.789. The number of rotatable bonds is 1. The third-order valence-electron chi connectivity index (χ3n) is 3.00. The second-order valence-corrected chi connectivity index (χ2v) is 4.07. The predicted octanol–water partition coefficient (Wildman–Crippen LogP) is 2.60. The van der Waals surface area contributed by atoms with Gasteiger partial charge < -0.3 is 0 Å². The number of benzene rings is 1. The first-order valence-electron chi connectivity index (χ1n) is 5.52. The molecule has 1 aromatic heterocycles. The van der Waals surface area contributed by atoms with Crippen LogP contribution in [0.4, 0.5) is 0 Å². The van der Waals surface area contributed by atoms with Crippen LogP contribution in [0.3, 0.4) is 0 Å². The maximum absolute atomic E-state index is 11.9. The number of aromatic amines is 1. The first-order chi connectivity index (χ1) is 7.86. The second-order valence-electron chi connectivity index (χ2n) is 4.07. The highest BCUT2D eigenvalue weighted by atomic mass is 16.1. The third-order valence-corrected chi connectivity index (χ3v) is 3.00. The highest BCUT2D eigenvalue weighted by Crippen LogP contribution is 2.28. The Hall–Kier alpha value is -1.90. The van der Waals surface area contributed by atoms with Gasteiger partial charge in [0.25, 0.3) is 0 Å². The highest BCUT2D eigenvalue weighted by molar-refractivity contribution is 6.03. The number of aromatic nitrogens is 2. The number of H-pyrrole nitrogens is 1. The van der Waals surface area contributed by atoms with Gasteiger partial charge in [-0.3, -0.25) is 9.89 Å². The molecule has 0 amide bonds. The van der Waals surface area contributed by atoms with Gasteiger partial charge >= 0.3 is 0 Å². The van der Waals surface area contributed by atoms with Crippen LogP contribution in [0.25, 0.3) is 11.3 Å². The van der Waals surface area contributed by atoms with Crippen molar-refractivity contribution < 1.29 is 4.79 Å². The Morgan fingerprint density at radius 2 is 1.94 bits per heavy atom. The van der Waals surface area contributed by atoms with Gasteiger partial charge in [0.1, 0.15) is 5.69 Å². The molecule has 80 valence electrons. The maximum Gasteiger partial charge on any atom is 0.166 e. The van der Waals surface area contributed by atoms with Crippen LogP contribution in [0.2, 0.25) is 0 Å². The van der Waals surface area contributed by atoms with Crippen LogP contribution in [-0.2, 0) is 6.42 Å². The van der Waals surface area contributed by atoms with E-state index < -0.39 is 0 Å². The number of ketones is 1. The van der Waals surface area contributed by atoms with Gasteiger partial charge in [-0.2, -0.15) is 5.10 Å². The Morgan fingerprint density at radius 3 is 2.75 bits per heavy atom. The molecule has 3 rings (SSSR count). The summed E-state index contributed by atoms with van der Waals surface area (Å²) in [7, 11) is 0. The molecule has 1 heterocycles. The topological polar surface area (TPSA) is 45.8 Å². The zero-order valence-electron chi connectivity index (χ0n) is 8.86. The van der Waals surface area contributed by atoms with Crippen LogP contribution in [0.15, 0.2) is 30.3 Å². The molecule has 3 heteroatoms. The summed E-state index contributed by atoms with van der Waals surface area (Å²) in [5, 5.41) is 7.26. The molecule has 1 aliphatic rings. The van der Waals surface area contributed by atoms with Crippen LogP contribution in [0.5, 0.6) is 0 Å². The number of nitrogens with one attached hydrogen (secondary N) is 1. The minimum atomic E-state index is 0.217. The summed E-state index contributed by atoms with van der Waals surface area (Å²) >= 11 is 0. The van der Waals surface area contributed by atoms with Gasteiger partial charge in [0, 0.05) is 17.7 Å². The Balaban J connectivity index is 2.16. The molecule has 0 atom stereocenters. The van der Waals surface area contributed by atoms with Crippen molar-refractivity contribution >= 4 is 5.78 Å². The Kier molecular flexibility index (Phi) is 2.10. The van der Waals surface area contributed by atoms with Crippen molar-refractivity contribution in [1.82, 2.24) is 10.2 Å². The lowest BCUT2D eigenvalue weighted by Crippen LogP contribution is -2.09. The SMILES string of the molecule is O=C1CCCc2[nH]nc(-c3ccccc3)c21. The lowest BCUT2D eigenvalue weighted by atomic mass is 9.92. The minimum absolute atomic E-state index is 0.217. The monoisotopic (exact) mass is 212 g/mol. The normalized spacial score (nSPS) is 14.9. The van der Waals surface area contributed by atoms with Crippen molar-refractivity contribution in [2.24, 2.45) is 0 Å². The van der Waals surface area contributed by atoms with Crippen LogP contribution in [-0.4, -0.2) is 16.0 Å². The molecule has 0 aliphatic heterocycles. The fourth-order valence-corrected chi connectivity index (χ4v) is 2.21. The van der Waals surface area contributed by atoms with Gasteiger partial charge in [0.05, 0.1) is 5.56 Å². The average molecular weight is 212 g/mol. The molecule has 0 saturated heterocycles. The fraction of sp³-hybridized carbons (Fsp3) is 0.231. The van der Waals surface area contributed by atoms with Crippen molar-refractivity contribution in [3.8, 4) is 11.3 Å². The van der Waals surface area contributed by atoms with Crippen molar-refractivity contribution in [3.05, 3.63) is 41.6 Å². The van der Waals surface area contributed by atoms with Crippen LogP contribution >= 0.6 is 0 Å². The number of carbonyl (C=O) groups is 1. The van der Waals surface area contributed by atoms with E-state index in [1.54, 1.807) is 0 Å². The zero-order chi connectivity index (χ0) is 11.0. The van der Waals surface area contributed by atoms with E-state index in [2.05, 4.69) is 10.2 Å². The summed E-state index contributed by atoms with van der Waals surface area (Å²) in [6.07, 6.45) is 2.51. The molecule has 0 spiro atoms. The number of carbonyl (C=O) groups excluding carboxylic acids is 1. The molecule has 0 bridgehead atoms. The van der Waals surface area contributed by atoms with E-state index in [9.17, 15) is 4.79 Å². The Bertz CT molecular complexity index is 528. The summed E-state index contributed by atoms with van der Waals surface area (Å²) in [6, 6.07) is 9.86. The maximum atomic E-state index is 11.9. The molecule has 16 heavy (non-hydrogen) atoms. The lowest BCUT2D eigenvalue weighted by molar-refractivity contribution is 0.0973. The molecule has 1 N–H and O–H groups in total. The number of Topliss-reactive ketones (excluding diaryl/α,β-unsaturated/α-hetero) is 1. The summed E-state index contributed by atoms with van der Waals surface area (Å²) in [5.41, 5.74) is 3.61. The number of hydrogen-bond donors (Lipinski definition) is 1. The van der Waals surface area contributed by atoms with Crippen LogP contribution < -0.4 is 0 Å². The van der Waals surface area contributed by atoms with Crippen molar-refractivity contribution in [2.75, 3.05) is 0 Å². The lowest BCUT2D eigenvalue weighted by Gasteiger charge is -2.09. The van der Waals surface area contributed by atoms with E-state index in [1.807, 2.05) is 30.3 Å². The molecular weight excluding hydrogens is 200 g/mol. The average Bonchev–Trinajstić information content (AvgIpc) is 2.75. The van der Waals surface area contributed by atoms with E-state index in [4.69, 9.17) is 0 Å². The number of fused-ring (bicyclic) bond motifs is 1. The summed E-state index contributed by atoms with van der Waals surface area (Å²) in [4.78, 5) is 11.9. The van der Waals surface area contributed by atoms with Crippen LogP contribution in [0.1, 0.15) is 28.9 Å². The molecule has 1 aromatic carbocycles. The number of aryl methyl sites for hydroxylation is 1. The third kappa shape index (κ3) is 1.36. The van der Waals surface area contributed by atoms with Gasteiger partial charge in [0.15, 0.2) is 5.78 Å². The minimum Gasteiger partial charge on any atom is -0.294 e. The van der Waals surface area contributed by atoms with Gasteiger partial charge in [-0.05, 0) is 12.8 Å². The fourth-order valence-electron chi connectivity index (χ4n) is 2.21. The molecule has 0 fully saturated rings. The van der Waals surface area contributed by atoms with E-state index in [-0.39, 0.29) is 5.78 Å². The summed E-state index contributed by atoms with van der Waals surface area (Å²) < 4.78 is 0. The van der Waals surface area contributed by atoms with Crippen molar-refractivity contribution in [3.63, 3.8) is 0 Å². The molecule has 2 aromatic rings. The predicted molar refractivity (Wildman–Crippen MR) is 61.3 cm³/mol. The van der Waals surface area contributed by atoms with E-state index >= 15 is 0 Å². The van der Waals surface area contributed by atoms with Crippen LogP contribution in [0, 0.1) is 0 Å².